The number of hydrogen-bond donors (Lipinski definition) is 0. The lowest BCUT2D eigenvalue weighted by Gasteiger charge is -2.05. The maximum atomic E-state index is 12.2. The molecule has 0 aliphatic carbocycles. The van der Waals surface area contributed by atoms with Gasteiger partial charge >= 0.3 is 12.0 Å². The van der Waals surface area contributed by atoms with Crippen LogP contribution in [-0.4, -0.2) is 9.91 Å². The zero-order chi connectivity index (χ0) is 10.9. The van der Waals surface area contributed by atoms with Gasteiger partial charge in [-0.2, -0.15) is 13.2 Å². The Morgan fingerprint density at radius 3 is 2.43 bits per heavy atom. The number of rotatable bonds is 1. The predicted molar refractivity (Wildman–Crippen MR) is 48.6 cm³/mol. The quantitative estimate of drug-likeness (QED) is 0.454. The standard InChI is InChI=1S/C6H2F3IN2O2/c7-6(8,9)3-2-11-5(12(13)14)1-4(3)10/h1-2H. The van der Waals surface area contributed by atoms with E-state index in [1.807, 2.05) is 0 Å². The summed E-state index contributed by atoms with van der Waals surface area (Å²) in [5, 5.41) is 10.2. The smallest absolute Gasteiger partial charge is 0.358 e. The number of halogens is 4. The first-order valence-electron chi connectivity index (χ1n) is 3.19. The Morgan fingerprint density at radius 2 is 2.07 bits per heavy atom. The highest BCUT2D eigenvalue weighted by Gasteiger charge is 2.35. The van der Waals surface area contributed by atoms with Crippen molar-refractivity contribution in [1.82, 2.24) is 4.98 Å². The number of alkyl halides is 3. The van der Waals surface area contributed by atoms with Gasteiger partial charge in [0, 0.05) is 9.64 Å². The Hall–Kier alpha value is -0.930. The van der Waals surface area contributed by atoms with Crippen LogP contribution in [0.5, 0.6) is 0 Å². The Bertz CT molecular complexity index is 380. The fourth-order valence-electron chi connectivity index (χ4n) is 0.729. The summed E-state index contributed by atoms with van der Waals surface area (Å²) >= 11 is 1.38. The van der Waals surface area contributed by atoms with Gasteiger partial charge in [0.1, 0.15) is 5.56 Å². The molecule has 0 atom stereocenters. The molecule has 0 fully saturated rings. The molecule has 4 nitrogen and oxygen atoms in total. The molecular formula is C6H2F3IN2O2. The molecular weight excluding hydrogens is 316 g/mol. The third-order valence-corrected chi connectivity index (χ3v) is 2.22. The molecule has 76 valence electrons. The van der Waals surface area contributed by atoms with Crippen molar-refractivity contribution < 1.29 is 18.1 Å². The molecule has 1 aromatic rings. The maximum Gasteiger partial charge on any atom is 0.421 e. The van der Waals surface area contributed by atoms with Crippen molar-refractivity contribution >= 4 is 28.4 Å². The van der Waals surface area contributed by atoms with Crippen LogP contribution in [0, 0.1) is 13.7 Å². The molecule has 1 rings (SSSR count). The molecule has 0 saturated carbocycles. The molecule has 0 saturated heterocycles. The van der Waals surface area contributed by atoms with Crippen LogP contribution in [0.25, 0.3) is 0 Å². The highest BCUT2D eigenvalue weighted by Crippen LogP contribution is 2.33. The lowest BCUT2D eigenvalue weighted by atomic mass is 10.3. The molecule has 14 heavy (non-hydrogen) atoms. The fraction of sp³-hybridized carbons (Fsp3) is 0.167. The summed E-state index contributed by atoms with van der Waals surface area (Å²) < 4.78 is 36.3. The molecule has 1 heterocycles. The lowest BCUT2D eigenvalue weighted by Crippen LogP contribution is -2.08. The molecule has 0 bridgehead atoms. The average Bonchev–Trinajstić information content (AvgIpc) is 2.01. The van der Waals surface area contributed by atoms with Gasteiger partial charge in [0.15, 0.2) is 6.20 Å². The molecule has 0 N–H and O–H groups in total. The number of nitro groups is 1. The molecule has 8 heteroatoms. The largest absolute Gasteiger partial charge is 0.421 e. The van der Waals surface area contributed by atoms with Gasteiger partial charge in [0.2, 0.25) is 0 Å². The monoisotopic (exact) mass is 318 g/mol. The van der Waals surface area contributed by atoms with E-state index in [0.717, 1.165) is 6.07 Å². The normalized spacial score (nSPS) is 11.4. The molecule has 0 amide bonds. The fourth-order valence-corrected chi connectivity index (χ4v) is 1.45. The van der Waals surface area contributed by atoms with Gasteiger partial charge in [-0.05, 0) is 32.5 Å². The minimum absolute atomic E-state index is 0.239. The van der Waals surface area contributed by atoms with E-state index in [2.05, 4.69) is 4.98 Å². The van der Waals surface area contributed by atoms with Crippen molar-refractivity contribution in [2.24, 2.45) is 0 Å². The minimum Gasteiger partial charge on any atom is -0.358 e. The van der Waals surface area contributed by atoms with Gasteiger partial charge in [-0.25, -0.2) is 0 Å². The highest BCUT2D eigenvalue weighted by atomic mass is 127. The van der Waals surface area contributed by atoms with E-state index in [1.165, 1.54) is 22.6 Å². The number of aromatic nitrogens is 1. The van der Waals surface area contributed by atoms with Gasteiger partial charge in [-0.3, -0.25) is 0 Å². The van der Waals surface area contributed by atoms with Crippen molar-refractivity contribution in [3.8, 4) is 0 Å². The van der Waals surface area contributed by atoms with E-state index in [1.54, 1.807) is 0 Å². The lowest BCUT2D eigenvalue weighted by molar-refractivity contribution is -0.389. The van der Waals surface area contributed by atoms with Crippen LogP contribution in [0.3, 0.4) is 0 Å². The first-order chi connectivity index (χ1) is 6.32. The second-order valence-corrected chi connectivity index (χ2v) is 3.44. The van der Waals surface area contributed by atoms with Gasteiger partial charge in [-0.1, -0.05) is 0 Å². The van der Waals surface area contributed by atoms with Crippen LogP contribution in [-0.2, 0) is 6.18 Å². The van der Waals surface area contributed by atoms with Gasteiger partial charge in [0.25, 0.3) is 0 Å². The summed E-state index contributed by atoms with van der Waals surface area (Å²) in [4.78, 5) is 12.4. The molecule has 0 unspecified atom stereocenters. The highest BCUT2D eigenvalue weighted by molar-refractivity contribution is 14.1. The number of hydrogen-bond acceptors (Lipinski definition) is 3. The summed E-state index contributed by atoms with van der Waals surface area (Å²) in [6, 6.07) is 0.781. The van der Waals surface area contributed by atoms with E-state index in [4.69, 9.17) is 0 Å². The second-order valence-electron chi connectivity index (χ2n) is 2.28. The van der Waals surface area contributed by atoms with Crippen LogP contribution >= 0.6 is 22.6 Å². The van der Waals surface area contributed by atoms with E-state index < -0.39 is 22.5 Å². The Balaban J connectivity index is 3.21. The van der Waals surface area contributed by atoms with E-state index in [-0.39, 0.29) is 3.57 Å². The SMILES string of the molecule is O=[N+]([O-])c1cc(I)c(C(F)(F)F)cn1. The Labute approximate surface area is 89.4 Å². The summed E-state index contributed by atoms with van der Waals surface area (Å²) in [7, 11) is 0. The Morgan fingerprint density at radius 1 is 1.50 bits per heavy atom. The molecule has 0 aliphatic rings. The van der Waals surface area contributed by atoms with E-state index >= 15 is 0 Å². The van der Waals surface area contributed by atoms with Crippen LogP contribution < -0.4 is 0 Å². The first kappa shape index (κ1) is 11.1. The predicted octanol–water partition coefficient (Wildman–Crippen LogP) is 2.61. The summed E-state index contributed by atoms with van der Waals surface area (Å²) in [6.45, 7) is 0. The number of nitrogens with zero attached hydrogens (tertiary/aromatic N) is 2. The van der Waals surface area contributed by atoms with E-state index in [0.29, 0.717) is 6.20 Å². The van der Waals surface area contributed by atoms with Gasteiger partial charge in [0.05, 0.1) is 0 Å². The maximum absolute atomic E-state index is 12.2. The van der Waals surface area contributed by atoms with Crippen LogP contribution in [0.4, 0.5) is 19.0 Å². The average molecular weight is 318 g/mol. The topological polar surface area (TPSA) is 56.0 Å². The molecule has 0 aromatic carbocycles. The first-order valence-corrected chi connectivity index (χ1v) is 4.27. The zero-order valence-electron chi connectivity index (χ0n) is 6.38. The van der Waals surface area contributed by atoms with Crippen molar-refractivity contribution in [3.05, 3.63) is 31.5 Å². The van der Waals surface area contributed by atoms with E-state index in [9.17, 15) is 23.3 Å². The van der Waals surface area contributed by atoms with Gasteiger partial charge in [-0.15, -0.1) is 0 Å². The van der Waals surface area contributed by atoms with Crippen molar-refractivity contribution in [1.29, 1.82) is 0 Å². The van der Waals surface area contributed by atoms with Crippen LogP contribution in [0.1, 0.15) is 5.56 Å². The molecule has 0 aliphatic heterocycles. The van der Waals surface area contributed by atoms with Crippen LogP contribution in [0.2, 0.25) is 0 Å². The summed E-state index contributed by atoms with van der Waals surface area (Å²) in [6.07, 6.45) is -4.07. The molecule has 1 aromatic heterocycles. The van der Waals surface area contributed by atoms with Gasteiger partial charge < -0.3 is 10.1 Å². The Kier molecular flexibility index (Phi) is 2.92. The second kappa shape index (κ2) is 3.67. The summed E-state index contributed by atoms with van der Waals surface area (Å²) in [5.41, 5.74) is -0.969. The third-order valence-electron chi connectivity index (χ3n) is 1.33. The molecule has 0 spiro atoms. The van der Waals surface area contributed by atoms with Crippen molar-refractivity contribution in [2.75, 3.05) is 0 Å². The summed E-state index contributed by atoms with van der Waals surface area (Å²) in [5.74, 6) is -0.595. The minimum atomic E-state index is -4.53. The third kappa shape index (κ3) is 2.30. The van der Waals surface area contributed by atoms with Crippen molar-refractivity contribution in [2.45, 2.75) is 6.18 Å². The van der Waals surface area contributed by atoms with Crippen LogP contribution in [0.15, 0.2) is 12.3 Å². The zero-order valence-corrected chi connectivity index (χ0v) is 8.53. The molecule has 0 radical (unpaired) electrons. The number of pyridine rings is 1. The van der Waals surface area contributed by atoms with Crippen molar-refractivity contribution in [3.63, 3.8) is 0 Å².